The van der Waals surface area contributed by atoms with E-state index in [9.17, 15) is 4.79 Å². The van der Waals surface area contributed by atoms with E-state index in [-0.39, 0.29) is 0 Å². The van der Waals surface area contributed by atoms with E-state index in [2.05, 4.69) is 36.9 Å². The lowest BCUT2D eigenvalue weighted by Gasteiger charge is -2.34. The number of carbonyl (C=O) groups is 1. The van der Waals surface area contributed by atoms with Crippen LogP contribution in [0.15, 0.2) is 18.2 Å². The molecule has 3 nitrogen and oxygen atoms in total. The molecule has 1 saturated heterocycles. The van der Waals surface area contributed by atoms with Crippen LogP contribution < -0.4 is 4.90 Å². The Kier molecular flexibility index (Phi) is 3.90. The summed E-state index contributed by atoms with van der Waals surface area (Å²) in [7, 11) is 0. The number of hydrogen-bond donors (Lipinski definition) is 1. The number of rotatable bonds is 3. The summed E-state index contributed by atoms with van der Waals surface area (Å²) in [5.41, 5.74) is 3.97. The van der Waals surface area contributed by atoms with E-state index in [0.717, 1.165) is 25.9 Å². The monoisotopic (exact) mass is 247 g/mol. The fraction of sp³-hybridized carbons (Fsp3) is 0.533. The number of piperidine rings is 1. The third-order valence-corrected chi connectivity index (χ3v) is 3.99. The molecule has 0 aromatic heterocycles. The van der Waals surface area contributed by atoms with Gasteiger partial charge in [-0.25, -0.2) is 0 Å². The summed E-state index contributed by atoms with van der Waals surface area (Å²) < 4.78 is 0. The van der Waals surface area contributed by atoms with Gasteiger partial charge in [0.1, 0.15) is 0 Å². The van der Waals surface area contributed by atoms with Crippen LogP contribution >= 0.6 is 0 Å². The zero-order valence-corrected chi connectivity index (χ0v) is 11.1. The molecule has 1 aromatic rings. The predicted molar refractivity (Wildman–Crippen MR) is 73.1 cm³/mol. The second kappa shape index (κ2) is 5.42. The second-order valence-corrected chi connectivity index (χ2v) is 5.25. The van der Waals surface area contributed by atoms with Gasteiger partial charge in [0.05, 0.1) is 0 Å². The van der Waals surface area contributed by atoms with Gasteiger partial charge in [-0.2, -0.15) is 0 Å². The average molecular weight is 247 g/mol. The van der Waals surface area contributed by atoms with Crippen LogP contribution in [0, 0.1) is 19.8 Å². The summed E-state index contributed by atoms with van der Waals surface area (Å²) in [6.07, 6.45) is 2.29. The minimum absolute atomic E-state index is 0.320. The highest BCUT2D eigenvalue weighted by molar-refractivity contribution is 5.67. The van der Waals surface area contributed by atoms with Gasteiger partial charge in [-0.1, -0.05) is 12.1 Å². The minimum Gasteiger partial charge on any atom is -0.481 e. The molecule has 1 N–H and O–H groups in total. The Morgan fingerprint density at radius 1 is 1.33 bits per heavy atom. The highest BCUT2D eigenvalue weighted by Crippen LogP contribution is 2.28. The van der Waals surface area contributed by atoms with Crippen molar-refractivity contribution in [2.75, 3.05) is 18.0 Å². The van der Waals surface area contributed by atoms with E-state index in [4.69, 9.17) is 5.11 Å². The van der Waals surface area contributed by atoms with Crippen molar-refractivity contribution >= 4 is 11.7 Å². The molecular formula is C15H21NO2. The van der Waals surface area contributed by atoms with E-state index >= 15 is 0 Å². The Balaban J connectivity index is 2.01. The average Bonchev–Trinajstić information content (AvgIpc) is 2.33. The highest BCUT2D eigenvalue weighted by atomic mass is 16.4. The summed E-state index contributed by atoms with van der Waals surface area (Å²) in [5, 5.41) is 8.82. The zero-order valence-electron chi connectivity index (χ0n) is 11.1. The van der Waals surface area contributed by atoms with Gasteiger partial charge in [0.25, 0.3) is 0 Å². The lowest BCUT2D eigenvalue weighted by Crippen LogP contribution is -2.34. The number of aliphatic carboxylic acids is 1. The first-order valence-corrected chi connectivity index (χ1v) is 6.61. The number of carboxylic acid groups (broad SMARTS) is 1. The van der Waals surface area contributed by atoms with Crippen LogP contribution in [0.3, 0.4) is 0 Å². The van der Waals surface area contributed by atoms with Crippen molar-refractivity contribution in [2.24, 2.45) is 5.92 Å². The molecule has 0 amide bonds. The summed E-state index contributed by atoms with van der Waals surface area (Å²) in [5.74, 6) is -0.316. The molecule has 1 heterocycles. The van der Waals surface area contributed by atoms with E-state index in [1.807, 2.05) is 0 Å². The SMILES string of the molecule is Cc1cccc(N2CCC(CC(=O)O)CC2)c1C. The number of anilines is 1. The molecule has 1 aliphatic heterocycles. The van der Waals surface area contributed by atoms with Gasteiger partial charge in [-0.05, 0) is 49.8 Å². The Labute approximate surface area is 108 Å². The fourth-order valence-electron chi connectivity index (χ4n) is 2.70. The molecule has 0 saturated carbocycles. The third kappa shape index (κ3) is 2.84. The number of aryl methyl sites for hydroxylation is 1. The van der Waals surface area contributed by atoms with Crippen molar-refractivity contribution in [3.05, 3.63) is 29.3 Å². The summed E-state index contributed by atoms with van der Waals surface area (Å²) in [6.45, 7) is 6.24. The van der Waals surface area contributed by atoms with E-state index in [1.165, 1.54) is 16.8 Å². The first kappa shape index (κ1) is 12.9. The molecule has 1 aromatic carbocycles. The van der Waals surface area contributed by atoms with Crippen molar-refractivity contribution in [1.82, 2.24) is 0 Å². The molecule has 0 atom stereocenters. The van der Waals surface area contributed by atoms with Crippen LogP contribution in [-0.2, 0) is 4.79 Å². The molecule has 0 unspecified atom stereocenters. The maximum atomic E-state index is 10.7. The van der Waals surface area contributed by atoms with Crippen molar-refractivity contribution < 1.29 is 9.90 Å². The largest absolute Gasteiger partial charge is 0.481 e. The molecule has 2 rings (SSSR count). The summed E-state index contributed by atoms with van der Waals surface area (Å²) in [6, 6.07) is 6.40. The van der Waals surface area contributed by atoms with Crippen molar-refractivity contribution in [3.8, 4) is 0 Å². The molecule has 0 spiro atoms. The van der Waals surface area contributed by atoms with Crippen LogP contribution in [-0.4, -0.2) is 24.2 Å². The molecule has 1 fully saturated rings. The smallest absolute Gasteiger partial charge is 0.303 e. The van der Waals surface area contributed by atoms with E-state index in [1.54, 1.807) is 0 Å². The number of benzene rings is 1. The molecule has 0 bridgehead atoms. The first-order valence-electron chi connectivity index (χ1n) is 6.61. The lowest BCUT2D eigenvalue weighted by molar-refractivity contribution is -0.138. The van der Waals surface area contributed by atoms with E-state index in [0.29, 0.717) is 12.3 Å². The van der Waals surface area contributed by atoms with Gasteiger partial charge in [0, 0.05) is 25.2 Å². The third-order valence-electron chi connectivity index (χ3n) is 3.99. The molecule has 98 valence electrons. The lowest BCUT2D eigenvalue weighted by atomic mass is 9.93. The quantitative estimate of drug-likeness (QED) is 0.892. The first-order chi connectivity index (χ1) is 8.58. The fourth-order valence-corrected chi connectivity index (χ4v) is 2.70. The molecule has 0 radical (unpaired) electrons. The number of hydrogen-bond acceptors (Lipinski definition) is 2. The number of carboxylic acids is 1. The van der Waals surface area contributed by atoms with E-state index < -0.39 is 5.97 Å². The van der Waals surface area contributed by atoms with Gasteiger partial charge < -0.3 is 10.0 Å². The van der Waals surface area contributed by atoms with Crippen LogP contribution in [0.5, 0.6) is 0 Å². The Morgan fingerprint density at radius 3 is 2.61 bits per heavy atom. The minimum atomic E-state index is -0.666. The standard InChI is InChI=1S/C15H21NO2/c1-11-4-3-5-14(12(11)2)16-8-6-13(7-9-16)10-15(17)18/h3-5,13H,6-10H2,1-2H3,(H,17,18). The Morgan fingerprint density at radius 2 is 2.00 bits per heavy atom. The molecule has 18 heavy (non-hydrogen) atoms. The Hall–Kier alpha value is -1.51. The topological polar surface area (TPSA) is 40.5 Å². The summed E-state index contributed by atoms with van der Waals surface area (Å²) >= 11 is 0. The maximum Gasteiger partial charge on any atom is 0.303 e. The molecular weight excluding hydrogens is 226 g/mol. The van der Waals surface area contributed by atoms with Gasteiger partial charge >= 0.3 is 5.97 Å². The molecule has 3 heteroatoms. The Bertz CT molecular complexity index is 434. The van der Waals surface area contributed by atoms with Gasteiger partial charge in [0.2, 0.25) is 0 Å². The molecule has 1 aliphatic rings. The van der Waals surface area contributed by atoms with Gasteiger partial charge in [-0.3, -0.25) is 4.79 Å². The van der Waals surface area contributed by atoms with Crippen LogP contribution in [0.4, 0.5) is 5.69 Å². The van der Waals surface area contributed by atoms with Crippen LogP contribution in [0.1, 0.15) is 30.4 Å². The summed E-state index contributed by atoms with van der Waals surface area (Å²) in [4.78, 5) is 13.1. The molecule has 0 aliphatic carbocycles. The second-order valence-electron chi connectivity index (χ2n) is 5.25. The van der Waals surface area contributed by atoms with Crippen molar-refractivity contribution in [3.63, 3.8) is 0 Å². The normalized spacial score (nSPS) is 16.9. The van der Waals surface area contributed by atoms with Crippen molar-refractivity contribution in [1.29, 1.82) is 0 Å². The van der Waals surface area contributed by atoms with Crippen LogP contribution in [0.25, 0.3) is 0 Å². The number of nitrogens with zero attached hydrogens (tertiary/aromatic N) is 1. The van der Waals surface area contributed by atoms with Gasteiger partial charge in [0.15, 0.2) is 0 Å². The van der Waals surface area contributed by atoms with Gasteiger partial charge in [-0.15, -0.1) is 0 Å². The zero-order chi connectivity index (χ0) is 13.1. The predicted octanol–water partition coefficient (Wildman–Crippen LogP) is 2.99. The van der Waals surface area contributed by atoms with Crippen molar-refractivity contribution in [2.45, 2.75) is 33.1 Å². The van der Waals surface area contributed by atoms with Crippen LogP contribution in [0.2, 0.25) is 0 Å². The maximum absolute atomic E-state index is 10.7. The highest BCUT2D eigenvalue weighted by Gasteiger charge is 2.22.